The Morgan fingerprint density at radius 3 is 2.79 bits per heavy atom. The van der Waals surface area contributed by atoms with Crippen LogP contribution in [0, 0.1) is 0 Å². The molecule has 0 amide bonds. The fourth-order valence-corrected chi connectivity index (χ4v) is 2.46. The smallest absolute Gasteiger partial charge is 0.191 e. The van der Waals surface area contributed by atoms with E-state index >= 15 is 0 Å². The number of aliphatic imine (C=N–C) groups is 1. The summed E-state index contributed by atoms with van der Waals surface area (Å²) in [4.78, 5) is 6.49. The summed E-state index contributed by atoms with van der Waals surface area (Å²) in [6, 6.07) is 0. The molecule has 1 aromatic heterocycles. The van der Waals surface area contributed by atoms with E-state index in [1.165, 1.54) is 19.3 Å². The molecule has 0 aromatic carbocycles. The molecule has 2 rings (SSSR count). The van der Waals surface area contributed by atoms with Crippen molar-refractivity contribution in [1.29, 1.82) is 0 Å². The van der Waals surface area contributed by atoms with Gasteiger partial charge in [0.2, 0.25) is 0 Å². The van der Waals surface area contributed by atoms with E-state index in [0.29, 0.717) is 12.5 Å². The second kappa shape index (κ2) is 6.54. The Bertz CT molecular complexity index is 432. The standard InChI is InChI=1S/C13H24N6/c1-3-18(4-2)13(14)15-10-12-17-16-11-8-6-5-7-9-19(11)12/h3-10H2,1-2H3,(H2,14,15). The van der Waals surface area contributed by atoms with Gasteiger partial charge in [-0.1, -0.05) is 6.42 Å². The van der Waals surface area contributed by atoms with E-state index < -0.39 is 0 Å². The van der Waals surface area contributed by atoms with Gasteiger partial charge in [-0.15, -0.1) is 10.2 Å². The molecule has 1 aliphatic rings. The lowest BCUT2D eigenvalue weighted by Gasteiger charge is -2.19. The van der Waals surface area contributed by atoms with Crippen LogP contribution >= 0.6 is 0 Å². The average molecular weight is 264 g/mol. The predicted molar refractivity (Wildman–Crippen MR) is 75.8 cm³/mol. The largest absolute Gasteiger partial charge is 0.370 e. The molecule has 0 aliphatic carbocycles. The molecule has 1 aromatic rings. The summed E-state index contributed by atoms with van der Waals surface area (Å²) in [7, 11) is 0. The molecule has 1 aliphatic heterocycles. The van der Waals surface area contributed by atoms with E-state index in [1.54, 1.807) is 0 Å². The molecule has 0 saturated heterocycles. The summed E-state index contributed by atoms with van der Waals surface area (Å²) in [6.07, 6.45) is 4.71. The quantitative estimate of drug-likeness (QED) is 0.654. The van der Waals surface area contributed by atoms with Gasteiger partial charge < -0.3 is 15.2 Å². The van der Waals surface area contributed by atoms with Crippen molar-refractivity contribution in [2.75, 3.05) is 13.1 Å². The maximum atomic E-state index is 5.98. The third-order valence-corrected chi connectivity index (χ3v) is 3.66. The van der Waals surface area contributed by atoms with Gasteiger partial charge in [-0.25, -0.2) is 4.99 Å². The minimum Gasteiger partial charge on any atom is -0.370 e. The number of nitrogens with zero attached hydrogens (tertiary/aromatic N) is 5. The highest BCUT2D eigenvalue weighted by Crippen LogP contribution is 2.14. The van der Waals surface area contributed by atoms with Crippen LogP contribution < -0.4 is 5.73 Å². The predicted octanol–water partition coefficient (Wildman–Crippen LogP) is 1.16. The van der Waals surface area contributed by atoms with Crippen molar-refractivity contribution in [3.63, 3.8) is 0 Å². The van der Waals surface area contributed by atoms with Crippen molar-refractivity contribution in [3.8, 4) is 0 Å². The molecular formula is C13H24N6. The molecule has 0 fully saturated rings. The monoisotopic (exact) mass is 264 g/mol. The van der Waals surface area contributed by atoms with Crippen molar-refractivity contribution in [3.05, 3.63) is 11.6 Å². The average Bonchev–Trinajstić information content (AvgIpc) is 2.65. The molecule has 0 spiro atoms. The summed E-state index contributed by atoms with van der Waals surface area (Å²) in [5, 5.41) is 8.52. The van der Waals surface area contributed by atoms with Gasteiger partial charge in [0.15, 0.2) is 11.8 Å². The lowest BCUT2D eigenvalue weighted by atomic mass is 10.2. The van der Waals surface area contributed by atoms with Gasteiger partial charge in [-0.05, 0) is 26.7 Å². The first kappa shape index (κ1) is 13.8. The maximum Gasteiger partial charge on any atom is 0.191 e. The molecule has 0 atom stereocenters. The summed E-state index contributed by atoms with van der Waals surface area (Å²) in [5.74, 6) is 2.63. The van der Waals surface area contributed by atoms with E-state index in [0.717, 1.165) is 37.7 Å². The van der Waals surface area contributed by atoms with Crippen LogP contribution in [-0.2, 0) is 19.5 Å². The van der Waals surface area contributed by atoms with Crippen LogP contribution in [-0.4, -0.2) is 38.7 Å². The molecule has 0 unspecified atom stereocenters. The van der Waals surface area contributed by atoms with Crippen molar-refractivity contribution in [2.24, 2.45) is 10.7 Å². The molecule has 19 heavy (non-hydrogen) atoms. The number of rotatable bonds is 4. The molecular weight excluding hydrogens is 240 g/mol. The van der Waals surface area contributed by atoms with E-state index in [4.69, 9.17) is 5.73 Å². The van der Waals surface area contributed by atoms with Crippen LogP contribution in [0.4, 0.5) is 0 Å². The zero-order chi connectivity index (χ0) is 13.7. The van der Waals surface area contributed by atoms with E-state index in [-0.39, 0.29) is 0 Å². The Kier molecular flexibility index (Phi) is 4.76. The Morgan fingerprint density at radius 2 is 2.05 bits per heavy atom. The van der Waals surface area contributed by atoms with E-state index in [9.17, 15) is 0 Å². The molecule has 2 heterocycles. The highest BCUT2D eigenvalue weighted by Gasteiger charge is 2.14. The van der Waals surface area contributed by atoms with Gasteiger partial charge in [0.1, 0.15) is 12.4 Å². The maximum absolute atomic E-state index is 5.98. The fourth-order valence-electron chi connectivity index (χ4n) is 2.46. The number of guanidine groups is 1. The minimum atomic E-state index is 0.523. The number of hydrogen-bond acceptors (Lipinski definition) is 3. The third kappa shape index (κ3) is 3.24. The van der Waals surface area contributed by atoms with E-state index in [2.05, 4.69) is 33.6 Å². The lowest BCUT2D eigenvalue weighted by molar-refractivity contribution is 0.457. The minimum absolute atomic E-state index is 0.523. The first-order valence-corrected chi connectivity index (χ1v) is 7.22. The fraction of sp³-hybridized carbons (Fsp3) is 0.769. The molecule has 0 bridgehead atoms. The molecule has 6 nitrogen and oxygen atoms in total. The second-order valence-corrected chi connectivity index (χ2v) is 4.84. The Morgan fingerprint density at radius 1 is 1.26 bits per heavy atom. The Hall–Kier alpha value is -1.59. The Balaban J connectivity index is 2.07. The van der Waals surface area contributed by atoms with Crippen LogP contribution in [0.3, 0.4) is 0 Å². The zero-order valence-corrected chi connectivity index (χ0v) is 12.0. The normalized spacial score (nSPS) is 16.0. The summed E-state index contributed by atoms with van der Waals surface area (Å²) in [5.41, 5.74) is 5.98. The van der Waals surface area contributed by atoms with Crippen LogP contribution in [0.2, 0.25) is 0 Å². The topological polar surface area (TPSA) is 72.3 Å². The van der Waals surface area contributed by atoms with Gasteiger partial charge in [0.05, 0.1) is 0 Å². The summed E-state index contributed by atoms with van der Waals surface area (Å²) in [6.45, 7) is 7.45. The van der Waals surface area contributed by atoms with Gasteiger partial charge in [-0.3, -0.25) is 0 Å². The highest BCUT2D eigenvalue weighted by atomic mass is 15.3. The van der Waals surface area contributed by atoms with Gasteiger partial charge in [0, 0.05) is 26.1 Å². The van der Waals surface area contributed by atoms with Crippen molar-refractivity contribution in [1.82, 2.24) is 19.7 Å². The number of hydrogen-bond donors (Lipinski definition) is 1. The number of aromatic nitrogens is 3. The summed E-state index contributed by atoms with van der Waals surface area (Å²) >= 11 is 0. The van der Waals surface area contributed by atoms with Crippen LogP contribution in [0.5, 0.6) is 0 Å². The van der Waals surface area contributed by atoms with Gasteiger partial charge >= 0.3 is 0 Å². The first-order chi connectivity index (χ1) is 9.26. The lowest BCUT2D eigenvalue weighted by Crippen LogP contribution is -2.37. The van der Waals surface area contributed by atoms with Crippen LogP contribution in [0.15, 0.2) is 4.99 Å². The molecule has 6 heteroatoms. The SMILES string of the molecule is CCN(CC)C(N)=NCc1nnc2n1CCCCC2. The Labute approximate surface area is 114 Å². The number of fused-ring (bicyclic) bond motifs is 1. The molecule has 0 saturated carbocycles. The van der Waals surface area contributed by atoms with Crippen molar-refractivity contribution in [2.45, 2.75) is 52.6 Å². The van der Waals surface area contributed by atoms with Gasteiger partial charge in [-0.2, -0.15) is 0 Å². The number of aryl methyl sites for hydroxylation is 1. The third-order valence-electron chi connectivity index (χ3n) is 3.66. The zero-order valence-electron chi connectivity index (χ0n) is 12.0. The van der Waals surface area contributed by atoms with Crippen LogP contribution in [0.1, 0.15) is 44.8 Å². The van der Waals surface area contributed by atoms with Gasteiger partial charge in [0.25, 0.3) is 0 Å². The molecule has 2 N–H and O–H groups in total. The van der Waals surface area contributed by atoms with E-state index in [1.807, 2.05) is 4.90 Å². The molecule has 0 radical (unpaired) electrons. The van der Waals surface area contributed by atoms with Crippen LogP contribution in [0.25, 0.3) is 0 Å². The second-order valence-electron chi connectivity index (χ2n) is 4.84. The van der Waals surface area contributed by atoms with Crippen molar-refractivity contribution < 1.29 is 0 Å². The summed E-state index contributed by atoms with van der Waals surface area (Å²) < 4.78 is 2.21. The molecule has 106 valence electrons. The highest BCUT2D eigenvalue weighted by molar-refractivity contribution is 5.77. The number of nitrogens with two attached hydrogens (primary N) is 1. The van der Waals surface area contributed by atoms with Crippen molar-refractivity contribution >= 4 is 5.96 Å². The first-order valence-electron chi connectivity index (χ1n) is 7.22.